The molecule has 0 aliphatic carbocycles. The van der Waals surface area contributed by atoms with E-state index < -0.39 is 17.9 Å². The Kier molecular flexibility index (Phi) is 5.24. The third-order valence-electron chi connectivity index (χ3n) is 3.37. The number of aromatic nitrogens is 2. The van der Waals surface area contributed by atoms with Crippen LogP contribution in [0.25, 0.3) is 0 Å². The molecule has 1 aliphatic heterocycles. The minimum Gasteiger partial charge on any atom is -0.307 e. The number of hydrogen-bond donors (Lipinski definition) is 1. The topological polar surface area (TPSA) is 79.6 Å². The Morgan fingerprint density at radius 3 is 2.38 bits per heavy atom. The first-order valence-corrected chi connectivity index (χ1v) is 8.53. The highest BCUT2D eigenvalue weighted by atomic mass is 35.5. The third-order valence-corrected chi connectivity index (χ3v) is 4.36. The van der Waals surface area contributed by atoms with E-state index in [1.165, 1.54) is 29.2 Å². The zero-order chi connectivity index (χ0) is 19.0. The van der Waals surface area contributed by atoms with Gasteiger partial charge in [0.2, 0.25) is 5.91 Å². The molecule has 1 atom stereocenters. The van der Waals surface area contributed by atoms with Gasteiger partial charge >= 0.3 is 0 Å². The second-order valence-electron chi connectivity index (χ2n) is 5.09. The molecule has 1 aromatic carbocycles. The molecule has 7 nitrogen and oxygen atoms in total. The normalized spacial score (nSPS) is 16.6. The van der Waals surface area contributed by atoms with E-state index in [0.29, 0.717) is 10.0 Å². The highest BCUT2D eigenvalue weighted by molar-refractivity contribution is 6.43. The summed E-state index contributed by atoms with van der Waals surface area (Å²) in [6, 6.07) is 1.79. The van der Waals surface area contributed by atoms with Crippen LogP contribution in [0.15, 0.2) is 42.3 Å². The van der Waals surface area contributed by atoms with Crippen LogP contribution < -0.4 is 10.3 Å². The molecule has 0 spiro atoms. The molecule has 2 aromatic rings. The van der Waals surface area contributed by atoms with Gasteiger partial charge in [-0.1, -0.05) is 53.0 Å². The molecule has 0 bridgehead atoms. The van der Waals surface area contributed by atoms with Gasteiger partial charge in [0.25, 0.3) is 5.91 Å². The van der Waals surface area contributed by atoms with Crippen LogP contribution in [0.5, 0.6) is 0 Å². The molecular weight excluding hydrogens is 424 g/mol. The van der Waals surface area contributed by atoms with Crippen LogP contribution in [0.4, 0.5) is 5.69 Å². The number of amidine groups is 1. The molecule has 1 N–H and O–H groups in total. The standard InChI is InChI=1S/C15H9Cl4N5O2/c1-2-11(25)21-14-13(23-6-8(17)5-20-23)15(26)24(22-14)12-9(18)3-7(16)4-10(12)19/h2-6,13H,1H2,(H,21,22,25). The van der Waals surface area contributed by atoms with Crippen molar-refractivity contribution in [2.45, 2.75) is 6.04 Å². The maximum atomic E-state index is 13.0. The Morgan fingerprint density at radius 1 is 1.19 bits per heavy atom. The Morgan fingerprint density at radius 2 is 1.85 bits per heavy atom. The molecule has 0 saturated heterocycles. The van der Waals surface area contributed by atoms with Gasteiger partial charge in [-0.15, -0.1) is 5.10 Å². The van der Waals surface area contributed by atoms with Crippen molar-refractivity contribution >= 4 is 69.7 Å². The second-order valence-corrected chi connectivity index (χ2v) is 6.78. The summed E-state index contributed by atoms with van der Waals surface area (Å²) in [4.78, 5) is 24.7. The minimum absolute atomic E-state index is 0.0155. The molecule has 26 heavy (non-hydrogen) atoms. The quantitative estimate of drug-likeness (QED) is 0.751. The summed E-state index contributed by atoms with van der Waals surface area (Å²) in [5, 5.41) is 12.5. The largest absolute Gasteiger partial charge is 0.307 e. The smallest absolute Gasteiger partial charge is 0.280 e. The van der Waals surface area contributed by atoms with Gasteiger partial charge in [-0.3, -0.25) is 14.3 Å². The lowest BCUT2D eigenvalue weighted by atomic mass is 10.2. The summed E-state index contributed by atoms with van der Waals surface area (Å²) in [5.41, 5.74) is 0.133. The van der Waals surface area contributed by atoms with E-state index in [1.54, 1.807) is 0 Å². The lowest BCUT2D eigenvalue weighted by molar-refractivity contribution is -0.119. The van der Waals surface area contributed by atoms with Gasteiger partial charge in [-0.25, -0.2) is 0 Å². The van der Waals surface area contributed by atoms with Gasteiger partial charge in [0.15, 0.2) is 11.9 Å². The number of amides is 2. The number of carbonyl (C=O) groups excluding carboxylic acids is 2. The van der Waals surface area contributed by atoms with E-state index >= 15 is 0 Å². The van der Waals surface area contributed by atoms with Crippen LogP contribution in [0, 0.1) is 0 Å². The van der Waals surface area contributed by atoms with Crippen LogP contribution in [0.1, 0.15) is 6.04 Å². The van der Waals surface area contributed by atoms with Gasteiger partial charge in [0.1, 0.15) is 5.69 Å². The van der Waals surface area contributed by atoms with Crippen molar-refractivity contribution in [1.29, 1.82) is 0 Å². The predicted octanol–water partition coefficient (Wildman–Crippen LogP) is 3.70. The molecule has 11 heteroatoms. The summed E-state index contributed by atoms with van der Waals surface area (Å²) in [5.74, 6) is -1.08. The van der Waals surface area contributed by atoms with Crippen molar-refractivity contribution in [3.05, 3.63) is 57.3 Å². The van der Waals surface area contributed by atoms with Gasteiger partial charge in [-0.05, 0) is 18.2 Å². The third kappa shape index (κ3) is 3.43. The predicted molar refractivity (Wildman–Crippen MR) is 101 cm³/mol. The van der Waals surface area contributed by atoms with E-state index in [9.17, 15) is 9.59 Å². The van der Waals surface area contributed by atoms with E-state index in [2.05, 4.69) is 22.1 Å². The van der Waals surface area contributed by atoms with Crippen molar-refractivity contribution in [3.8, 4) is 0 Å². The Bertz CT molecular complexity index is 932. The molecule has 1 unspecified atom stereocenters. The number of nitrogens with one attached hydrogen (secondary N) is 1. The first kappa shape index (κ1) is 18.7. The van der Waals surface area contributed by atoms with E-state index in [1.807, 2.05) is 0 Å². The highest BCUT2D eigenvalue weighted by Crippen LogP contribution is 2.39. The summed E-state index contributed by atoms with van der Waals surface area (Å²) < 4.78 is 1.27. The first-order valence-electron chi connectivity index (χ1n) is 7.02. The summed E-state index contributed by atoms with van der Waals surface area (Å²) in [6.45, 7) is 3.37. The number of rotatable bonds is 3. The van der Waals surface area contributed by atoms with Gasteiger partial charge in [0, 0.05) is 11.2 Å². The molecule has 0 radical (unpaired) electrons. The zero-order valence-corrected chi connectivity index (χ0v) is 15.8. The molecule has 0 saturated carbocycles. The lowest BCUT2D eigenvalue weighted by Crippen LogP contribution is -2.37. The minimum atomic E-state index is -1.06. The second kappa shape index (κ2) is 7.28. The van der Waals surface area contributed by atoms with Crippen molar-refractivity contribution in [3.63, 3.8) is 0 Å². The Balaban J connectivity index is 2.09. The van der Waals surface area contributed by atoms with E-state index in [0.717, 1.165) is 11.1 Å². The number of anilines is 1. The first-order chi connectivity index (χ1) is 12.3. The fourth-order valence-electron chi connectivity index (χ4n) is 2.31. The zero-order valence-electron chi connectivity index (χ0n) is 12.8. The van der Waals surface area contributed by atoms with Crippen LogP contribution in [-0.4, -0.2) is 27.4 Å². The maximum absolute atomic E-state index is 13.0. The van der Waals surface area contributed by atoms with Gasteiger partial charge < -0.3 is 5.32 Å². The molecule has 1 aliphatic rings. The van der Waals surface area contributed by atoms with Crippen LogP contribution in [0.3, 0.4) is 0 Å². The van der Waals surface area contributed by atoms with E-state index in [4.69, 9.17) is 46.4 Å². The number of hydrazone groups is 1. The number of hydrogen-bond acceptors (Lipinski definition) is 4. The molecule has 2 amide bonds. The molecule has 1 aromatic heterocycles. The molecular formula is C15H9Cl4N5O2. The van der Waals surface area contributed by atoms with Gasteiger partial charge in [-0.2, -0.15) is 10.1 Å². The van der Waals surface area contributed by atoms with Crippen LogP contribution in [0.2, 0.25) is 20.1 Å². The summed E-state index contributed by atoms with van der Waals surface area (Å²) in [6.07, 6.45) is 3.83. The fourth-order valence-corrected chi connectivity index (χ4v) is 3.43. The van der Waals surface area contributed by atoms with Crippen LogP contribution >= 0.6 is 46.4 Å². The van der Waals surface area contributed by atoms with Crippen LogP contribution in [-0.2, 0) is 9.59 Å². The average Bonchev–Trinajstić information content (AvgIpc) is 3.10. The Hall–Kier alpha value is -2.06. The lowest BCUT2D eigenvalue weighted by Gasteiger charge is -2.17. The average molecular weight is 433 g/mol. The van der Waals surface area contributed by atoms with Crippen molar-refractivity contribution < 1.29 is 9.59 Å². The summed E-state index contributed by atoms with van der Waals surface area (Å²) in [7, 11) is 0. The summed E-state index contributed by atoms with van der Waals surface area (Å²) >= 11 is 24.1. The number of halogens is 4. The van der Waals surface area contributed by atoms with Crippen molar-refractivity contribution in [2.75, 3.05) is 5.01 Å². The molecule has 2 heterocycles. The molecule has 134 valence electrons. The SMILES string of the molecule is C=CC(=O)NC1=NN(c2c(Cl)cc(Cl)cc2Cl)C(=O)C1n1cc(Cl)cn1. The number of carbonyl (C=O) groups is 2. The van der Waals surface area contributed by atoms with E-state index in [-0.39, 0.29) is 21.6 Å². The number of nitrogens with zero attached hydrogens (tertiary/aromatic N) is 4. The monoisotopic (exact) mass is 431 g/mol. The van der Waals surface area contributed by atoms with Gasteiger partial charge in [0.05, 0.1) is 21.3 Å². The van der Waals surface area contributed by atoms with Crippen molar-refractivity contribution in [2.24, 2.45) is 5.10 Å². The Labute approximate surface area is 167 Å². The highest BCUT2D eigenvalue weighted by Gasteiger charge is 2.41. The molecule has 3 rings (SSSR count). The molecule has 0 fully saturated rings. The maximum Gasteiger partial charge on any atom is 0.280 e. The number of benzene rings is 1. The van der Waals surface area contributed by atoms with Crippen molar-refractivity contribution in [1.82, 2.24) is 15.1 Å². The fraction of sp³-hybridized carbons (Fsp3) is 0.0667.